The molecule has 3 rings (SSSR count). The molecule has 1 N–H and O–H groups in total. The van der Waals surface area contributed by atoms with Gasteiger partial charge in [-0.25, -0.2) is 0 Å². The van der Waals surface area contributed by atoms with E-state index in [0.29, 0.717) is 10.6 Å². The molecule has 0 saturated heterocycles. The number of benzene rings is 3. The molecule has 0 atom stereocenters. The summed E-state index contributed by atoms with van der Waals surface area (Å²) in [5.74, 6) is -0.137. The highest BCUT2D eigenvalue weighted by molar-refractivity contribution is 6.30. The van der Waals surface area contributed by atoms with Crippen LogP contribution in [0.5, 0.6) is 0 Å². The molecule has 108 valence electrons. The number of amides is 1. The molecule has 0 heterocycles. The number of hydrogen-bond donors (Lipinski definition) is 1. The van der Waals surface area contributed by atoms with E-state index in [9.17, 15) is 4.79 Å². The summed E-state index contributed by atoms with van der Waals surface area (Å²) in [5, 5.41) is 3.54. The number of carbonyl (C=O) groups is 1. The average Bonchev–Trinajstić information content (AvgIpc) is 2.58. The van der Waals surface area contributed by atoms with Gasteiger partial charge in [0, 0.05) is 16.3 Å². The maximum absolute atomic E-state index is 12.5. The Morgan fingerprint density at radius 1 is 0.773 bits per heavy atom. The fourth-order valence-electron chi connectivity index (χ4n) is 2.28. The third-order valence-corrected chi connectivity index (χ3v) is 3.61. The van der Waals surface area contributed by atoms with Crippen LogP contribution in [-0.4, -0.2) is 5.91 Å². The summed E-state index contributed by atoms with van der Waals surface area (Å²) in [4.78, 5) is 12.5. The first-order valence-corrected chi connectivity index (χ1v) is 7.33. The summed E-state index contributed by atoms with van der Waals surface area (Å²) in [5.41, 5.74) is 3.29. The van der Waals surface area contributed by atoms with Crippen LogP contribution in [0.25, 0.3) is 11.1 Å². The van der Waals surface area contributed by atoms with Gasteiger partial charge < -0.3 is 5.32 Å². The standard InChI is InChI=1S/C19H14ClNO/c20-15-10-12-16(13-11-15)21-19(22)18-9-5-4-8-17(18)14-6-2-1-3-7-14/h1-13H,(H,21,22). The van der Waals surface area contributed by atoms with E-state index in [4.69, 9.17) is 11.6 Å². The second-order valence-electron chi connectivity index (χ2n) is 4.87. The van der Waals surface area contributed by atoms with Crippen LogP contribution in [-0.2, 0) is 0 Å². The van der Waals surface area contributed by atoms with E-state index in [-0.39, 0.29) is 5.91 Å². The Labute approximate surface area is 134 Å². The quantitative estimate of drug-likeness (QED) is 0.702. The molecule has 22 heavy (non-hydrogen) atoms. The lowest BCUT2D eigenvalue weighted by atomic mass is 9.99. The van der Waals surface area contributed by atoms with Crippen molar-refractivity contribution in [3.63, 3.8) is 0 Å². The van der Waals surface area contributed by atoms with Gasteiger partial charge in [-0.2, -0.15) is 0 Å². The molecular weight excluding hydrogens is 294 g/mol. The number of nitrogens with one attached hydrogen (secondary N) is 1. The van der Waals surface area contributed by atoms with Gasteiger partial charge in [0.1, 0.15) is 0 Å². The van der Waals surface area contributed by atoms with Gasteiger partial charge in [-0.05, 0) is 41.5 Å². The van der Waals surface area contributed by atoms with E-state index in [1.807, 2.05) is 54.6 Å². The molecule has 2 nitrogen and oxygen atoms in total. The van der Waals surface area contributed by atoms with Crippen LogP contribution < -0.4 is 5.32 Å². The highest BCUT2D eigenvalue weighted by atomic mass is 35.5. The van der Waals surface area contributed by atoms with Gasteiger partial charge in [0.05, 0.1) is 0 Å². The Bertz CT molecular complexity index is 782. The van der Waals surface area contributed by atoms with E-state index in [0.717, 1.165) is 16.8 Å². The van der Waals surface area contributed by atoms with Crippen LogP contribution in [0, 0.1) is 0 Å². The van der Waals surface area contributed by atoms with Gasteiger partial charge in [0.2, 0.25) is 0 Å². The Kier molecular flexibility index (Phi) is 4.22. The van der Waals surface area contributed by atoms with Crippen LogP contribution in [0.1, 0.15) is 10.4 Å². The van der Waals surface area contributed by atoms with Crippen LogP contribution in [0.15, 0.2) is 78.9 Å². The predicted molar refractivity (Wildman–Crippen MR) is 91.3 cm³/mol. The van der Waals surface area contributed by atoms with Gasteiger partial charge in [0.25, 0.3) is 5.91 Å². The van der Waals surface area contributed by atoms with Gasteiger partial charge in [-0.3, -0.25) is 4.79 Å². The van der Waals surface area contributed by atoms with Gasteiger partial charge in [0.15, 0.2) is 0 Å². The highest BCUT2D eigenvalue weighted by Crippen LogP contribution is 2.24. The topological polar surface area (TPSA) is 29.1 Å². The fraction of sp³-hybridized carbons (Fsp3) is 0. The maximum Gasteiger partial charge on any atom is 0.256 e. The molecule has 1 amide bonds. The summed E-state index contributed by atoms with van der Waals surface area (Å²) < 4.78 is 0. The normalized spacial score (nSPS) is 10.2. The second-order valence-corrected chi connectivity index (χ2v) is 5.31. The Morgan fingerprint density at radius 3 is 2.14 bits per heavy atom. The number of carbonyl (C=O) groups excluding carboxylic acids is 1. The SMILES string of the molecule is O=C(Nc1ccc(Cl)cc1)c1ccccc1-c1ccccc1. The summed E-state index contributed by atoms with van der Waals surface area (Å²) >= 11 is 5.86. The fourth-order valence-corrected chi connectivity index (χ4v) is 2.41. The van der Waals surface area contributed by atoms with Crippen LogP contribution in [0.2, 0.25) is 5.02 Å². The zero-order chi connectivity index (χ0) is 15.4. The zero-order valence-corrected chi connectivity index (χ0v) is 12.5. The highest BCUT2D eigenvalue weighted by Gasteiger charge is 2.12. The van der Waals surface area contributed by atoms with Crippen molar-refractivity contribution in [2.24, 2.45) is 0 Å². The predicted octanol–water partition coefficient (Wildman–Crippen LogP) is 5.26. The van der Waals surface area contributed by atoms with Crippen LogP contribution >= 0.6 is 11.6 Å². The lowest BCUT2D eigenvalue weighted by Gasteiger charge is -2.10. The second kappa shape index (κ2) is 6.46. The first kappa shape index (κ1) is 14.4. The van der Waals surface area contributed by atoms with Gasteiger partial charge in [-0.15, -0.1) is 0 Å². The lowest BCUT2D eigenvalue weighted by Crippen LogP contribution is -2.13. The van der Waals surface area contributed by atoms with Gasteiger partial charge in [-0.1, -0.05) is 60.1 Å². The van der Waals surface area contributed by atoms with Gasteiger partial charge >= 0.3 is 0 Å². The Morgan fingerprint density at radius 2 is 1.41 bits per heavy atom. The van der Waals surface area contributed by atoms with Crippen molar-refractivity contribution in [2.75, 3.05) is 5.32 Å². The van der Waals surface area contributed by atoms with Crippen LogP contribution in [0.4, 0.5) is 5.69 Å². The maximum atomic E-state index is 12.5. The minimum absolute atomic E-state index is 0.137. The molecule has 0 radical (unpaired) electrons. The number of halogens is 1. The number of hydrogen-bond acceptors (Lipinski definition) is 1. The Balaban J connectivity index is 1.91. The summed E-state index contributed by atoms with van der Waals surface area (Å²) in [6.07, 6.45) is 0. The number of rotatable bonds is 3. The minimum Gasteiger partial charge on any atom is -0.322 e. The smallest absolute Gasteiger partial charge is 0.256 e. The molecule has 3 heteroatoms. The molecule has 0 fully saturated rings. The zero-order valence-electron chi connectivity index (χ0n) is 11.8. The third kappa shape index (κ3) is 3.18. The largest absolute Gasteiger partial charge is 0.322 e. The van der Waals surface area contributed by atoms with Crippen molar-refractivity contribution in [1.29, 1.82) is 0 Å². The first-order valence-electron chi connectivity index (χ1n) is 6.95. The molecule has 3 aromatic carbocycles. The molecule has 0 aliphatic carbocycles. The first-order chi connectivity index (χ1) is 10.7. The van der Waals surface area contributed by atoms with Crippen molar-refractivity contribution >= 4 is 23.2 Å². The Hall–Kier alpha value is -2.58. The molecule has 0 spiro atoms. The number of anilines is 1. The molecule has 0 aliphatic heterocycles. The van der Waals surface area contributed by atoms with Crippen molar-refractivity contribution in [3.05, 3.63) is 89.4 Å². The van der Waals surface area contributed by atoms with E-state index in [2.05, 4.69) is 5.32 Å². The van der Waals surface area contributed by atoms with Crippen molar-refractivity contribution in [3.8, 4) is 11.1 Å². The molecule has 3 aromatic rings. The monoisotopic (exact) mass is 307 g/mol. The van der Waals surface area contributed by atoms with Crippen LogP contribution in [0.3, 0.4) is 0 Å². The minimum atomic E-state index is -0.137. The third-order valence-electron chi connectivity index (χ3n) is 3.36. The van der Waals surface area contributed by atoms with Crippen molar-refractivity contribution in [2.45, 2.75) is 0 Å². The molecular formula is C19H14ClNO. The lowest BCUT2D eigenvalue weighted by molar-refractivity contribution is 0.102. The van der Waals surface area contributed by atoms with E-state index in [1.165, 1.54) is 0 Å². The molecule has 0 aliphatic rings. The van der Waals surface area contributed by atoms with E-state index >= 15 is 0 Å². The molecule has 0 unspecified atom stereocenters. The van der Waals surface area contributed by atoms with E-state index in [1.54, 1.807) is 24.3 Å². The van der Waals surface area contributed by atoms with Crippen molar-refractivity contribution in [1.82, 2.24) is 0 Å². The summed E-state index contributed by atoms with van der Waals surface area (Å²) in [6, 6.07) is 24.5. The van der Waals surface area contributed by atoms with E-state index < -0.39 is 0 Å². The molecule has 0 bridgehead atoms. The summed E-state index contributed by atoms with van der Waals surface area (Å²) in [6.45, 7) is 0. The average molecular weight is 308 g/mol. The molecule has 0 aromatic heterocycles. The molecule has 0 saturated carbocycles. The van der Waals surface area contributed by atoms with Crippen molar-refractivity contribution < 1.29 is 4.79 Å². The summed E-state index contributed by atoms with van der Waals surface area (Å²) in [7, 11) is 0.